The molecule has 2 aromatic rings. The van der Waals surface area contributed by atoms with Crippen LogP contribution in [0.5, 0.6) is 0 Å². The topological polar surface area (TPSA) is 49.8 Å². The predicted molar refractivity (Wildman–Crippen MR) is 85.4 cm³/mol. The van der Waals surface area contributed by atoms with Crippen molar-refractivity contribution >= 4 is 46.4 Å². The van der Waals surface area contributed by atoms with Crippen LogP contribution < -0.4 is 5.73 Å². The van der Waals surface area contributed by atoms with Crippen LogP contribution in [-0.4, -0.2) is 0 Å². The Hall–Kier alpha value is -1.09. The number of hydrogen-bond donors (Lipinski definition) is 1. The second-order valence-corrected chi connectivity index (χ2v) is 5.60. The third kappa shape index (κ3) is 4.98. The summed E-state index contributed by atoms with van der Waals surface area (Å²) in [6, 6.07) is 6.65. The SMILES string of the molecule is N#Cc1c(F)cc(Cl)cc1Cl.NCc1c(F)cc(Cl)cc1Cl. The van der Waals surface area contributed by atoms with Gasteiger partial charge in [-0.05, 0) is 24.3 Å². The molecule has 0 unspecified atom stereocenters. The van der Waals surface area contributed by atoms with Gasteiger partial charge in [0.2, 0.25) is 0 Å². The first-order valence-corrected chi connectivity index (χ1v) is 7.19. The van der Waals surface area contributed by atoms with Crippen LogP contribution >= 0.6 is 46.4 Å². The molecule has 116 valence electrons. The lowest BCUT2D eigenvalue weighted by molar-refractivity contribution is 0.611. The molecule has 0 amide bonds. The molecule has 0 atom stereocenters. The molecule has 2 nitrogen and oxygen atoms in total. The highest BCUT2D eigenvalue weighted by Crippen LogP contribution is 2.24. The van der Waals surface area contributed by atoms with Crippen LogP contribution in [0, 0.1) is 23.0 Å². The van der Waals surface area contributed by atoms with Gasteiger partial charge in [-0.15, -0.1) is 0 Å². The van der Waals surface area contributed by atoms with Crippen molar-refractivity contribution in [3.63, 3.8) is 0 Å². The number of nitrogens with two attached hydrogens (primary N) is 1. The summed E-state index contributed by atoms with van der Waals surface area (Å²) in [5.41, 5.74) is 5.37. The van der Waals surface area contributed by atoms with Gasteiger partial charge in [-0.2, -0.15) is 5.26 Å². The van der Waals surface area contributed by atoms with E-state index in [0.717, 1.165) is 6.07 Å². The standard InChI is InChI=1S/C7H6Cl2FN.C7H2Cl2FN/c2*8-4-1-6(9)5(3-11)7(10)2-4/h1-2H,3,11H2;1-2H. The third-order valence-corrected chi connectivity index (χ3v) is 3.50. The highest BCUT2D eigenvalue weighted by atomic mass is 35.5. The van der Waals surface area contributed by atoms with Crippen LogP contribution in [0.3, 0.4) is 0 Å². The zero-order valence-corrected chi connectivity index (χ0v) is 13.8. The molecule has 0 heterocycles. The fraction of sp³-hybridized carbons (Fsp3) is 0.0714. The molecule has 0 aliphatic carbocycles. The largest absolute Gasteiger partial charge is 0.326 e. The Morgan fingerprint density at radius 2 is 1.41 bits per heavy atom. The monoisotopic (exact) mass is 382 g/mol. The van der Waals surface area contributed by atoms with Crippen molar-refractivity contribution in [3.8, 4) is 6.07 Å². The Balaban J connectivity index is 0.000000220. The van der Waals surface area contributed by atoms with E-state index < -0.39 is 11.6 Å². The molecule has 0 spiro atoms. The van der Waals surface area contributed by atoms with E-state index in [1.807, 2.05) is 0 Å². The fourth-order valence-electron chi connectivity index (χ4n) is 1.42. The van der Waals surface area contributed by atoms with Gasteiger partial charge in [-0.3, -0.25) is 0 Å². The minimum absolute atomic E-state index is 0.0394. The van der Waals surface area contributed by atoms with Gasteiger partial charge >= 0.3 is 0 Å². The van der Waals surface area contributed by atoms with Crippen LogP contribution in [0.2, 0.25) is 20.1 Å². The normalized spacial score (nSPS) is 9.73. The zero-order chi connectivity index (χ0) is 16.9. The minimum atomic E-state index is -0.690. The number of halogens is 6. The lowest BCUT2D eigenvalue weighted by Gasteiger charge is -2.02. The van der Waals surface area contributed by atoms with Gasteiger partial charge in [0.15, 0.2) is 0 Å². The van der Waals surface area contributed by atoms with Crippen molar-refractivity contribution in [2.45, 2.75) is 6.54 Å². The maximum Gasteiger partial charge on any atom is 0.143 e. The first-order chi connectivity index (χ1) is 10.3. The fourth-order valence-corrected chi connectivity index (χ4v) is 2.47. The number of nitrogens with zero attached hydrogens (tertiary/aromatic N) is 1. The Morgan fingerprint density at radius 1 is 0.909 bits per heavy atom. The van der Waals surface area contributed by atoms with Crippen LogP contribution in [-0.2, 0) is 6.54 Å². The maximum absolute atomic E-state index is 12.9. The van der Waals surface area contributed by atoms with Gasteiger partial charge in [-0.1, -0.05) is 46.4 Å². The van der Waals surface area contributed by atoms with E-state index in [-0.39, 0.29) is 32.2 Å². The van der Waals surface area contributed by atoms with E-state index in [2.05, 4.69) is 0 Å². The van der Waals surface area contributed by atoms with Gasteiger partial charge in [0.05, 0.1) is 5.02 Å². The summed E-state index contributed by atoms with van der Waals surface area (Å²) in [5.74, 6) is -1.14. The number of nitriles is 1. The number of benzene rings is 2. The van der Waals surface area contributed by atoms with E-state index >= 15 is 0 Å². The van der Waals surface area contributed by atoms with E-state index in [1.165, 1.54) is 18.2 Å². The van der Waals surface area contributed by atoms with Crippen molar-refractivity contribution in [3.05, 3.63) is 67.1 Å². The van der Waals surface area contributed by atoms with Crippen molar-refractivity contribution in [1.29, 1.82) is 5.26 Å². The molecule has 0 bridgehead atoms. The molecule has 0 aliphatic rings. The average molecular weight is 384 g/mol. The molecule has 22 heavy (non-hydrogen) atoms. The van der Waals surface area contributed by atoms with E-state index in [9.17, 15) is 8.78 Å². The molecule has 0 aromatic heterocycles. The quantitative estimate of drug-likeness (QED) is 0.697. The summed E-state index contributed by atoms with van der Waals surface area (Å²) in [5, 5.41) is 9.16. The molecular weight excluding hydrogens is 376 g/mol. The first-order valence-electron chi connectivity index (χ1n) is 5.68. The molecule has 0 saturated carbocycles. The molecule has 0 fully saturated rings. The summed E-state index contributed by atoms with van der Waals surface area (Å²) >= 11 is 22.1. The lowest BCUT2D eigenvalue weighted by Crippen LogP contribution is -2.00. The van der Waals surface area contributed by atoms with Crippen LogP contribution in [0.25, 0.3) is 0 Å². The number of hydrogen-bond acceptors (Lipinski definition) is 2. The summed E-state index contributed by atoms with van der Waals surface area (Å²) in [6.07, 6.45) is 0. The van der Waals surface area contributed by atoms with Gasteiger partial charge in [0.25, 0.3) is 0 Å². The van der Waals surface area contributed by atoms with Crippen LogP contribution in [0.4, 0.5) is 8.78 Å². The summed E-state index contributed by atoms with van der Waals surface area (Å²) in [6.45, 7) is 0.0852. The minimum Gasteiger partial charge on any atom is -0.326 e. The van der Waals surface area contributed by atoms with Crippen molar-refractivity contribution < 1.29 is 8.78 Å². The Labute approximate surface area is 146 Å². The highest BCUT2D eigenvalue weighted by molar-refractivity contribution is 6.35. The summed E-state index contributed by atoms with van der Waals surface area (Å²) < 4.78 is 25.6. The first kappa shape index (κ1) is 19.0. The van der Waals surface area contributed by atoms with Gasteiger partial charge in [0.1, 0.15) is 23.3 Å². The second kappa shape index (κ2) is 8.52. The molecule has 0 aliphatic heterocycles. The lowest BCUT2D eigenvalue weighted by atomic mass is 10.2. The number of rotatable bonds is 1. The third-order valence-electron chi connectivity index (χ3n) is 2.43. The van der Waals surface area contributed by atoms with E-state index in [1.54, 1.807) is 6.07 Å². The Morgan fingerprint density at radius 3 is 1.82 bits per heavy atom. The molecule has 2 aromatic carbocycles. The second-order valence-electron chi connectivity index (χ2n) is 3.91. The molecular formula is C14H8Cl4F2N2. The maximum atomic E-state index is 12.9. The van der Waals surface area contributed by atoms with E-state index in [4.69, 9.17) is 57.4 Å². The Bertz CT molecular complexity index is 683. The van der Waals surface area contributed by atoms with E-state index in [0.29, 0.717) is 5.56 Å². The van der Waals surface area contributed by atoms with Gasteiger partial charge in [0, 0.05) is 27.2 Å². The highest BCUT2D eigenvalue weighted by Gasteiger charge is 2.07. The molecule has 8 heteroatoms. The van der Waals surface area contributed by atoms with Crippen molar-refractivity contribution in [2.75, 3.05) is 0 Å². The van der Waals surface area contributed by atoms with Gasteiger partial charge in [-0.25, -0.2) is 8.78 Å². The average Bonchev–Trinajstić information content (AvgIpc) is 2.38. The predicted octanol–water partition coefficient (Wildman–Crippen LogP) is 5.60. The van der Waals surface area contributed by atoms with Crippen LogP contribution in [0.15, 0.2) is 24.3 Å². The molecule has 0 saturated heterocycles. The molecule has 2 N–H and O–H groups in total. The van der Waals surface area contributed by atoms with Crippen molar-refractivity contribution in [2.24, 2.45) is 5.73 Å². The molecule has 0 radical (unpaired) electrons. The molecule has 2 rings (SSSR count). The Kier molecular flexibility index (Phi) is 7.34. The smallest absolute Gasteiger partial charge is 0.143 e. The summed E-state index contributed by atoms with van der Waals surface area (Å²) in [7, 11) is 0. The van der Waals surface area contributed by atoms with Crippen LogP contribution in [0.1, 0.15) is 11.1 Å². The van der Waals surface area contributed by atoms with Crippen molar-refractivity contribution in [1.82, 2.24) is 0 Å². The van der Waals surface area contributed by atoms with Gasteiger partial charge < -0.3 is 5.73 Å². The zero-order valence-electron chi connectivity index (χ0n) is 10.8. The summed E-state index contributed by atoms with van der Waals surface area (Å²) in [4.78, 5) is 0.